The van der Waals surface area contributed by atoms with Gasteiger partial charge in [0, 0.05) is 0 Å². The van der Waals surface area contributed by atoms with Crippen molar-refractivity contribution >= 4 is 17.1 Å². The zero-order valence-electron chi connectivity index (χ0n) is 6.57. The Labute approximate surface area is 74.4 Å². The third-order valence-corrected chi connectivity index (χ3v) is 2.38. The molecule has 0 aliphatic rings. The second-order valence-electron chi connectivity index (χ2n) is 2.44. The fourth-order valence-corrected chi connectivity index (χ4v) is 1.54. The van der Waals surface area contributed by atoms with Crippen molar-refractivity contribution in [2.24, 2.45) is 5.73 Å². The van der Waals surface area contributed by atoms with Gasteiger partial charge in [-0.25, -0.2) is 0 Å². The van der Waals surface area contributed by atoms with Crippen LogP contribution in [0.2, 0.25) is 0 Å². The van der Waals surface area contributed by atoms with Crippen LogP contribution in [-0.2, 0) is 4.79 Å². The Morgan fingerprint density at radius 3 is 2.92 bits per heavy atom. The smallest absolute Gasteiger partial charge is 0.151 e. The summed E-state index contributed by atoms with van der Waals surface area (Å²) in [7, 11) is 0. The van der Waals surface area contributed by atoms with E-state index < -0.39 is 6.04 Å². The molecule has 2 N–H and O–H groups in total. The highest BCUT2D eigenvalue weighted by molar-refractivity contribution is 7.10. The molecule has 1 rings (SSSR count). The van der Waals surface area contributed by atoms with Gasteiger partial charge in [0.05, 0.1) is 6.04 Å². The van der Waals surface area contributed by atoms with Crippen molar-refractivity contribution in [3.63, 3.8) is 0 Å². The van der Waals surface area contributed by atoms with Crippen LogP contribution in [-0.4, -0.2) is 5.78 Å². The molecule has 0 radical (unpaired) electrons. The number of Topliss-reactive ketones (excluding diaryl/α,β-unsaturated/α-hetero) is 1. The minimum atomic E-state index is -0.580. The first kappa shape index (κ1) is 8.91. The molecule has 4 heteroatoms. The number of rotatable bonds is 2. The van der Waals surface area contributed by atoms with Crippen molar-refractivity contribution in [1.29, 1.82) is 5.26 Å². The Hall–Kier alpha value is -1.18. The standard InChI is InChI=1S/C8H8N2OS/c1-5(11)8(10)6-2-7(3-9)12-4-6/h2,4,8H,10H2,1H3. The van der Waals surface area contributed by atoms with Gasteiger partial charge < -0.3 is 5.73 Å². The van der Waals surface area contributed by atoms with Gasteiger partial charge in [0.25, 0.3) is 0 Å². The summed E-state index contributed by atoms with van der Waals surface area (Å²) in [5, 5.41) is 10.2. The third kappa shape index (κ3) is 1.70. The number of hydrogen-bond acceptors (Lipinski definition) is 4. The van der Waals surface area contributed by atoms with Gasteiger partial charge >= 0.3 is 0 Å². The number of carbonyl (C=O) groups is 1. The molecule has 1 aromatic rings. The summed E-state index contributed by atoms with van der Waals surface area (Å²) < 4.78 is 0. The summed E-state index contributed by atoms with van der Waals surface area (Å²) in [5.41, 5.74) is 6.28. The average Bonchev–Trinajstić information content (AvgIpc) is 2.50. The highest BCUT2D eigenvalue weighted by Crippen LogP contribution is 2.19. The van der Waals surface area contributed by atoms with E-state index in [-0.39, 0.29) is 5.78 Å². The minimum Gasteiger partial charge on any atom is -0.318 e. The van der Waals surface area contributed by atoms with Crippen LogP contribution >= 0.6 is 11.3 Å². The second kappa shape index (κ2) is 3.48. The molecule has 1 unspecified atom stereocenters. The predicted molar refractivity (Wildman–Crippen MR) is 46.6 cm³/mol. The van der Waals surface area contributed by atoms with Crippen LogP contribution in [0.4, 0.5) is 0 Å². The summed E-state index contributed by atoms with van der Waals surface area (Å²) >= 11 is 1.30. The van der Waals surface area contributed by atoms with Gasteiger partial charge in [0.15, 0.2) is 5.78 Å². The molecule has 0 saturated heterocycles. The number of nitrogens with zero attached hydrogens (tertiary/aromatic N) is 1. The molecule has 0 bridgehead atoms. The first-order chi connectivity index (χ1) is 5.65. The van der Waals surface area contributed by atoms with E-state index in [1.54, 1.807) is 11.4 Å². The SMILES string of the molecule is CC(=O)C(N)c1csc(C#N)c1. The fourth-order valence-electron chi connectivity index (χ4n) is 0.807. The number of hydrogen-bond donors (Lipinski definition) is 1. The summed E-state index contributed by atoms with van der Waals surface area (Å²) in [6.45, 7) is 1.44. The summed E-state index contributed by atoms with van der Waals surface area (Å²) in [6, 6.07) is 3.06. The summed E-state index contributed by atoms with van der Waals surface area (Å²) in [4.78, 5) is 11.4. The normalized spacial score (nSPS) is 12.1. The van der Waals surface area contributed by atoms with Crippen molar-refractivity contribution in [2.75, 3.05) is 0 Å². The molecular weight excluding hydrogens is 172 g/mol. The molecule has 0 amide bonds. The van der Waals surface area contributed by atoms with Crippen LogP contribution in [0.15, 0.2) is 11.4 Å². The topological polar surface area (TPSA) is 66.9 Å². The van der Waals surface area contributed by atoms with E-state index in [0.29, 0.717) is 4.88 Å². The molecule has 1 atom stereocenters. The van der Waals surface area contributed by atoms with E-state index in [0.717, 1.165) is 5.56 Å². The molecule has 3 nitrogen and oxygen atoms in total. The number of nitrogens with two attached hydrogens (primary N) is 1. The Balaban J connectivity index is 2.90. The van der Waals surface area contributed by atoms with Crippen LogP contribution in [0, 0.1) is 11.3 Å². The Kier molecular flexibility index (Phi) is 2.58. The lowest BCUT2D eigenvalue weighted by molar-refractivity contribution is -0.118. The van der Waals surface area contributed by atoms with E-state index >= 15 is 0 Å². The molecule has 1 heterocycles. The maximum Gasteiger partial charge on any atom is 0.151 e. The van der Waals surface area contributed by atoms with E-state index in [9.17, 15) is 4.79 Å². The molecular formula is C8H8N2OS. The summed E-state index contributed by atoms with van der Waals surface area (Å²) in [6.07, 6.45) is 0. The van der Waals surface area contributed by atoms with Crippen LogP contribution < -0.4 is 5.73 Å². The van der Waals surface area contributed by atoms with Crippen molar-refractivity contribution in [2.45, 2.75) is 13.0 Å². The van der Waals surface area contributed by atoms with Gasteiger partial charge in [0.2, 0.25) is 0 Å². The molecule has 0 aliphatic carbocycles. The van der Waals surface area contributed by atoms with Gasteiger partial charge in [-0.3, -0.25) is 4.79 Å². The van der Waals surface area contributed by atoms with E-state index in [1.807, 2.05) is 6.07 Å². The number of carbonyl (C=O) groups excluding carboxylic acids is 1. The summed E-state index contributed by atoms with van der Waals surface area (Å²) in [5.74, 6) is -0.0858. The lowest BCUT2D eigenvalue weighted by Crippen LogP contribution is -2.17. The van der Waals surface area contributed by atoms with Crippen molar-refractivity contribution in [3.05, 3.63) is 21.9 Å². The minimum absolute atomic E-state index is 0.0858. The van der Waals surface area contributed by atoms with Crippen LogP contribution in [0.1, 0.15) is 23.4 Å². The van der Waals surface area contributed by atoms with Crippen LogP contribution in [0.5, 0.6) is 0 Å². The van der Waals surface area contributed by atoms with Crippen LogP contribution in [0.25, 0.3) is 0 Å². The van der Waals surface area contributed by atoms with E-state index in [4.69, 9.17) is 11.0 Å². The number of ketones is 1. The van der Waals surface area contributed by atoms with Crippen molar-refractivity contribution in [3.8, 4) is 6.07 Å². The fraction of sp³-hybridized carbons (Fsp3) is 0.250. The lowest BCUT2D eigenvalue weighted by atomic mass is 10.1. The lowest BCUT2D eigenvalue weighted by Gasteiger charge is -2.02. The molecule has 62 valence electrons. The maximum atomic E-state index is 10.8. The molecule has 0 saturated carbocycles. The quantitative estimate of drug-likeness (QED) is 0.743. The Morgan fingerprint density at radius 1 is 1.83 bits per heavy atom. The molecule has 1 aromatic heterocycles. The number of nitriles is 1. The molecule has 0 aliphatic heterocycles. The third-order valence-electron chi connectivity index (χ3n) is 1.53. The average molecular weight is 180 g/mol. The highest BCUT2D eigenvalue weighted by Gasteiger charge is 2.12. The highest BCUT2D eigenvalue weighted by atomic mass is 32.1. The first-order valence-electron chi connectivity index (χ1n) is 3.39. The predicted octanol–water partition coefficient (Wildman–Crippen LogP) is 1.21. The molecule has 12 heavy (non-hydrogen) atoms. The molecule has 0 aromatic carbocycles. The van der Waals surface area contributed by atoms with Crippen LogP contribution in [0.3, 0.4) is 0 Å². The number of thiophene rings is 1. The Morgan fingerprint density at radius 2 is 2.50 bits per heavy atom. The van der Waals surface area contributed by atoms with Crippen molar-refractivity contribution < 1.29 is 4.79 Å². The van der Waals surface area contributed by atoms with Gasteiger partial charge in [-0.15, -0.1) is 11.3 Å². The first-order valence-corrected chi connectivity index (χ1v) is 4.27. The second-order valence-corrected chi connectivity index (χ2v) is 3.36. The van der Waals surface area contributed by atoms with Gasteiger partial charge in [-0.1, -0.05) is 0 Å². The molecule has 0 spiro atoms. The van der Waals surface area contributed by atoms with E-state index in [2.05, 4.69) is 0 Å². The Bertz CT molecular complexity index is 337. The van der Waals surface area contributed by atoms with E-state index in [1.165, 1.54) is 18.3 Å². The monoisotopic (exact) mass is 180 g/mol. The molecule has 0 fully saturated rings. The maximum absolute atomic E-state index is 10.8. The largest absolute Gasteiger partial charge is 0.318 e. The van der Waals surface area contributed by atoms with Gasteiger partial charge in [0.1, 0.15) is 10.9 Å². The van der Waals surface area contributed by atoms with Gasteiger partial charge in [-0.2, -0.15) is 5.26 Å². The van der Waals surface area contributed by atoms with Crippen molar-refractivity contribution in [1.82, 2.24) is 0 Å². The zero-order valence-corrected chi connectivity index (χ0v) is 7.39. The van der Waals surface area contributed by atoms with Gasteiger partial charge in [-0.05, 0) is 23.9 Å². The zero-order chi connectivity index (χ0) is 9.14.